The number of hydrogen-bond donors (Lipinski definition) is 1. The minimum absolute atomic E-state index is 0.000364. The van der Waals surface area contributed by atoms with Crippen LogP contribution in [0.2, 0.25) is 0 Å². The van der Waals surface area contributed by atoms with Crippen molar-refractivity contribution in [3.8, 4) is 5.75 Å². The molecule has 0 fully saturated rings. The van der Waals surface area contributed by atoms with Crippen LogP contribution in [0.25, 0.3) is 0 Å². The maximum atomic E-state index is 12.0. The SMILES string of the molecule is CCOC(C)CNC(=O)c1ccc(Br)cc1OC. The average molecular weight is 316 g/mol. The Morgan fingerprint density at radius 2 is 2.22 bits per heavy atom. The molecule has 0 saturated carbocycles. The lowest BCUT2D eigenvalue weighted by atomic mass is 10.2. The van der Waals surface area contributed by atoms with Crippen molar-refractivity contribution in [2.75, 3.05) is 20.3 Å². The topological polar surface area (TPSA) is 47.6 Å². The van der Waals surface area contributed by atoms with Crippen molar-refractivity contribution >= 4 is 21.8 Å². The van der Waals surface area contributed by atoms with Crippen molar-refractivity contribution in [3.05, 3.63) is 28.2 Å². The van der Waals surface area contributed by atoms with Crippen LogP contribution in [0.3, 0.4) is 0 Å². The van der Waals surface area contributed by atoms with Gasteiger partial charge >= 0.3 is 0 Å². The van der Waals surface area contributed by atoms with Gasteiger partial charge in [-0.25, -0.2) is 0 Å². The van der Waals surface area contributed by atoms with Gasteiger partial charge in [-0.2, -0.15) is 0 Å². The number of hydrogen-bond acceptors (Lipinski definition) is 3. The first-order valence-electron chi connectivity index (χ1n) is 5.81. The van der Waals surface area contributed by atoms with Crippen molar-refractivity contribution in [3.63, 3.8) is 0 Å². The largest absolute Gasteiger partial charge is 0.496 e. The number of nitrogens with one attached hydrogen (secondary N) is 1. The van der Waals surface area contributed by atoms with Crippen LogP contribution in [-0.4, -0.2) is 32.3 Å². The molecule has 5 heteroatoms. The molecule has 4 nitrogen and oxygen atoms in total. The summed E-state index contributed by atoms with van der Waals surface area (Å²) in [4.78, 5) is 12.0. The fraction of sp³-hybridized carbons (Fsp3) is 0.462. The summed E-state index contributed by atoms with van der Waals surface area (Å²) in [5.74, 6) is 0.386. The molecule has 1 unspecified atom stereocenters. The molecule has 0 radical (unpaired) electrons. The first-order chi connectivity index (χ1) is 8.58. The summed E-state index contributed by atoms with van der Waals surface area (Å²) < 4.78 is 11.4. The molecule has 1 aromatic rings. The third-order valence-electron chi connectivity index (χ3n) is 2.41. The van der Waals surface area contributed by atoms with Crippen molar-refractivity contribution in [1.29, 1.82) is 0 Å². The van der Waals surface area contributed by atoms with Crippen LogP contribution in [0, 0.1) is 0 Å². The third kappa shape index (κ3) is 4.31. The van der Waals surface area contributed by atoms with Gasteiger partial charge in [0.15, 0.2) is 0 Å². The normalized spacial score (nSPS) is 12.0. The molecule has 18 heavy (non-hydrogen) atoms. The molecule has 100 valence electrons. The molecule has 0 heterocycles. The van der Waals surface area contributed by atoms with Crippen molar-refractivity contribution < 1.29 is 14.3 Å². The van der Waals surface area contributed by atoms with Crippen LogP contribution >= 0.6 is 15.9 Å². The second-order valence-electron chi connectivity index (χ2n) is 3.82. The van der Waals surface area contributed by atoms with Gasteiger partial charge in [-0.15, -0.1) is 0 Å². The number of methoxy groups -OCH3 is 1. The lowest BCUT2D eigenvalue weighted by Gasteiger charge is -2.14. The Balaban J connectivity index is 2.66. The molecule has 0 aliphatic heterocycles. The van der Waals surface area contributed by atoms with Gasteiger partial charge in [0.2, 0.25) is 0 Å². The molecule has 0 spiro atoms. The van der Waals surface area contributed by atoms with E-state index in [0.29, 0.717) is 24.5 Å². The monoisotopic (exact) mass is 315 g/mol. The predicted molar refractivity (Wildman–Crippen MR) is 74.1 cm³/mol. The van der Waals surface area contributed by atoms with Gasteiger partial charge in [-0.1, -0.05) is 15.9 Å². The molecule has 1 rings (SSSR count). The smallest absolute Gasteiger partial charge is 0.255 e. The Bertz CT molecular complexity index is 409. The van der Waals surface area contributed by atoms with Crippen LogP contribution in [0.15, 0.2) is 22.7 Å². The van der Waals surface area contributed by atoms with E-state index < -0.39 is 0 Å². The van der Waals surface area contributed by atoms with Gasteiger partial charge in [-0.3, -0.25) is 4.79 Å². The molecule has 0 aliphatic rings. The Morgan fingerprint density at radius 3 is 2.83 bits per heavy atom. The summed E-state index contributed by atoms with van der Waals surface area (Å²) in [6, 6.07) is 5.30. The van der Waals surface area contributed by atoms with E-state index >= 15 is 0 Å². The van der Waals surface area contributed by atoms with E-state index in [9.17, 15) is 4.79 Å². The molecule has 1 N–H and O–H groups in total. The highest BCUT2D eigenvalue weighted by Crippen LogP contribution is 2.23. The Kier molecular flexibility index (Phi) is 6.15. The van der Waals surface area contributed by atoms with Crippen molar-refractivity contribution in [1.82, 2.24) is 5.32 Å². The van der Waals surface area contributed by atoms with E-state index in [0.717, 1.165) is 4.47 Å². The summed E-state index contributed by atoms with van der Waals surface area (Å²) in [6.07, 6.45) is 0.000364. The van der Waals surface area contributed by atoms with Gasteiger partial charge in [0, 0.05) is 17.6 Å². The number of ether oxygens (including phenoxy) is 2. The summed E-state index contributed by atoms with van der Waals surface area (Å²) >= 11 is 3.34. The zero-order chi connectivity index (χ0) is 13.5. The van der Waals surface area contributed by atoms with Gasteiger partial charge in [0.25, 0.3) is 5.91 Å². The second kappa shape index (κ2) is 7.38. The lowest BCUT2D eigenvalue weighted by Crippen LogP contribution is -2.32. The highest BCUT2D eigenvalue weighted by atomic mass is 79.9. The number of carbonyl (C=O) groups is 1. The Hall–Kier alpha value is -1.07. The molecule has 0 bridgehead atoms. The maximum absolute atomic E-state index is 12.0. The van der Waals surface area contributed by atoms with E-state index in [-0.39, 0.29) is 12.0 Å². The van der Waals surface area contributed by atoms with Crippen LogP contribution in [0.4, 0.5) is 0 Å². The van der Waals surface area contributed by atoms with Crippen LogP contribution in [0.5, 0.6) is 5.75 Å². The number of benzene rings is 1. The third-order valence-corrected chi connectivity index (χ3v) is 2.90. The Labute approximate surface area is 116 Å². The van der Waals surface area contributed by atoms with Gasteiger partial charge in [-0.05, 0) is 32.0 Å². The maximum Gasteiger partial charge on any atom is 0.255 e. The molecule has 1 aromatic carbocycles. The number of amides is 1. The molecular formula is C13H18BrNO3. The highest BCUT2D eigenvalue weighted by Gasteiger charge is 2.13. The summed E-state index contributed by atoms with van der Waals surface area (Å²) in [6.45, 7) is 4.96. The molecule has 1 atom stereocenters. The van der Waals surface area contributed by atoms with E-state index in [1.165, 1.54) is 0 Å². The molecule has 0 saturated heterocycles. The fourth-order valence-electron chi connectivity index (χ4n) is 1.53. The van der Waals surface area contributed by atoms with Crippen molar-refractivity contribution in [2.45, 2.75) is 20.0 Å². The van der Waals surface area contributed by atoms with E-state index in [1.54, 1.807) is 19.2 Å². The zero-order valence-electron chi connectivity index (χ0n) is 10.8. The fourth-order valence-corrected chi connectivity index (χ4v) is 1.87. The van der Waals surface area contributed by atoms with Crippen LogP contribution in [-0.2, 0) is 4.74 Å². The number of carbonyl (C=O) groups excluding carboxylic acids is 1. The lowest BCUT2D eigenvalue weighted by molar-refractivity contribution is 0.0694. The van der Waals surface area contributed by atoms with Gasteiger partial charge in [0.1, 0.15) is 5.75 Å². The van der Waals surface area contributed by atoms with E-state index in [2.05, 4.69) is 21.2 Å². The van der Waals surface area contributed by atoms with Gasteiger partial charge < -0.3 is 14.8 Å². The van der Waals surface area contributed by atoms with Gasteiger partial charge in [0.05, 0.1) is 18.8 Å². The summed E-state index contributed by atoms with van der Waals surface area (Å²) in [5.41, 5.74) is 0.518. The first kappa shape index (κ1) is 15.0. The number of rotatable bonds is 6. The molecule has 0 aliphatic carbocycles. The standard InChI is InChI=1S/C13H18BrNO3/c1-4-18-9(2)8-15-13(16)11-6-5-10(14)7-12(11)17-3/h5-7,9H,4,8H2,1-3H3,(H,15,16). The zero-order valence-corrected chi connectivity index (χ0v) is 12.4. The molecule has 0 aromatic heterocycles. The first-order valence-corrected chi connectivity index (χ1v) is 6.61. The minimum atomic E-state index is -0.161. The van der Waals surface area contributed by atoms with Crippen molar-refractivity contribution in [2.24, 2.45) is 0 Å². The number of halogens is 1. The summed E-state index contributed by atoms with van der Waals surface area (Å²) in [7, 11) is 1.54. The molecule has 1 amide bonds. The average Bonchev–Trinajstić information content (AvgIpc) is 2.36. The second-order valence-corrected chi connectivity index (χ2v) is 4.74. The predicted octanol–water partition coefficient (Wildman–Crippen LogP) is 2.61. The highest BCUT2D eigenvalue weighted by molar-refractivity contribution is 9.10. The van der Waals surface area contributed by atoms with Crippen LogP contribution in [0.1, 0.15) is 24.2 Å². The van der Waals surface area contributed by atoms with E-state index in [1.807, 2.05) is 19.9 Å². The molecular weight excluding hydrogens is 298 g/mol. The van der Waals surface area contributed by atoms with Crippen LogP contribution < -0.4 is 10.1 Å². The van der Waals surface area contributed by atoms with E-state index in [4.69, 9.17) is 9.47 Å². The quantitative estimate of drug-likeness (QED) is 0.877. The minimum Gasteiger partial charge on any atom is -0.496 e. The summed E-state index contributed by atoms with van der Waals surface area (Å²) in [5, 5.41) is 2.82. The Morgan fingerprint density at radius 1 is 1.50 bits per heavy atom.